The summed E-state index contributed by atoms with van der Waals surface area (Å²) >= 11 is 0. The zero-order chi connectivity index (χ0) is 13.2. The van der Waals surface area contributed by atoms with Crippen LogP contribution in [0.15, 0.2) is 6.20 Å². The van der Waals surface area contributed by atoms with Gasteiger partial charge >= 0.3 is 0 Å². The molecule has 4 heteroatoms. The van der Waals surface area contributed by atoms with E-state index in [1.807, 2.05) is 11.7 Å². The number of rotatable bonds is 5. The molecule has 1 aromatic heterocycles. The monoisotopic (exact) mass is 238 g/mol. The normalized spacial score (nSPS) is 14.4. The highest BCUT2D eigenvalue weighted by molar-refractivity contribution is 5.19. The lowest BCUT2D eigenvalue weighted by Crippen LogP contribution is -2.38. The maximum Gasteiger partial charge on any atom is 0.0641 e. The Balaban J connectivity index is 2.76. The van der Waals surface area contributed by atoms with Crippen molar-refractivity contribution in [2.24, 2.45) is 18.2 Å². The van der Waals surface area contributed by atoms with Gasteiger partial charge in [-0.3, -0.25) is 9.58 Å². The molecule has 0 aliphatic heterocycles. The molecule has 0 aliphatic carbocycles. The molecule has 17 heavy (non-hydrogen) atoms. The second-order valence-electron chi connectivity index (χ2n) is 5.80. The van der Waals surface area contributed by atoms with Crippen molar-refractivity contribution in [2.75, 3.05) is 20.1 Å². The Morgan fingerprint density at radius 3 is 2.53 bits per heavy atom. The third-order valence-electron chi connectivity index (χ3n) is 3.39. The first kappa shape index (κ1) is 14.2. The summed E-state index contributed by atoms with van der Waals surface area (Å²) in [7, 11) is 4.11. The smallest absolute Gasteiger partial charge is 0.0641 e. The molecule has 4 nitrogen and oxygen atoms in total. The largest absolute Gasteiger partial charge is 0.330 e. The van der Waals surface area contributed by atoms with Gasteiger partial charge in [-0.25, -0.2) is 0 Å². The summed E-state index contributed by atoms with van der Waals surface area (Å²) < 4.78 is 1.88. The fraction of sp³-hybridized carbons (Fsp3) is 0.769. The molecule has 0 bridgehead atoms. The zero-order valence-electron chi connectivity index (χ0n) is 12.0. The van der Waals surface area contributed by atoms with E-state index in [1.165, 1.54) is 5.56 Å². The minimum Gasteiger partial charge on any atom is -0.330 e. The first-order chi connectivity index (χ1) is 7.76. The van der Waals surface area contributed by atoms with Crippen LogP contribution in [0.25, 0.3) is 0 Å². The van der Waals surface area contributed by atoms with E-state index in [2.05, 4.69) is 50.9 Å². The molecule has 0 saturated carbocycles. The Bertz CT molecular complexity index is 367. The molecule has 0 aliphatic rings. The summed E-state index contributed by atoms with van der Waals surface area (Å²) in [6.07, 6.45) is 2.10. The van der Waals surface area contributed by atoms with Gasteiger partial charge in [0.15, 0.2) is 0 Å². The maximum atomic E-state index is 5.78. The molecule has 0 radical (unpaired) electrons. The van der Waals surface area contributed by atoms with Crippen LogP contribution < -0.4 is 5.73 Å². The van der Waals surface area contributed by atoms with Crippen molar-refractivity contribution >= 4 is 0 Å². The molecule has 1 atom stereocenters. The van der Waals surface area contributed by atoms with Gasteiger partial charge in [0.25, 0.3) is 0 Å². The van der Waals surface area contributed by atoms with Crippen molar-refractivity contribution in [1.29, 1.82) is 0 Å². The SMILES string of the molecule is Cc1nn(C)cc1C(C)N(C)CC(C)(C)CN. The average molecular weight is 238 g/mol. The number of nitrogens with zero attached hydrogens (tertiary/aromatic N) is 3. The molecule has 0 fully saturated rings. The van der Waals surface area contributed by atoms with Crippen LogP contribution in [0.4, 0.5) is 0 Å². The van der Waals surface area contributed by atoms with Gasteiger partial charge in [-0.1, -0.05) is 13.8 Å². The highest BCUT2D eigenvalue weighted by Crippen LogP contribution is 2.24. The van der Waals surface area contributed by atoms with Gasteiger partial charge in [0, 0.05) is 31.4 Å². The maximum absolute atomic E-state index is 5.78. The van der Waals surface area contributed by atoms with Crippen LogP contribution >= 0.6 is 0 Å². The molecule has 1 aromatic rings. The van der Waals surface area contributed by atoms with Crippen LogP contribution in [0.2, 0.25) is 0 Å². The Labute approximate surface area is 105 Å². The average Bonchev–Trinajstić information content (AvgIpc) is 2.56. The predicted molar refractivity (Wildman–Crippen MR) is 71.8 cm³/mol. The minimum absolute atomic E-state index is 0.152. The fourth-order valence-electron chi connectivity index (χ4n) is 2.14. The lowest BCUT2D eigenvalue weighted by Gasteiger charge is -2.32. The van der Waals surface area contributed by atoms with Crippen LogP contribution in [-0.4, -0.2) is 34.8 Å². The van der Waals surface area contributed by atoms with Crippen molar-refractivity contribution in [3.63, 3.8) is 0 Å². The third kappa shape index (κ3) is 3.54. The summed E-state index contributed by atoms with van der Waals surface area (Å²) in [5.41, 5.74) is 8.34. The van der Waals surface area contributed by atoms with E-state index < -0.39 is 0 Å². The van der Waals surface area contributed by atoms with E-state index >= 15 is 0 Å². The number of hydrogen-bond acceptors (Lipinski definition) is 3. The zero-order valence-corrected chi connectivity index (χ0v) is 12.0. The molecule has 0 aromatic carbocycles. The Morgan fingerprint density at radius 2 is 2.12 bits per heavy atom. The van der Waals surface area contributed by atoms with Crippen molar-refractivity contribution in [3.05, 3.63) is 17.5 Å². The van der Waals surface area contributed by atoms with Crippen molar-refractivity contribution in [1.82, 2.24) is 14.7 Å². The van der Waals surface area contributed by atoms with Crippen molar-refractivity contribution in [3.8, 4) is 0 Å². The first-order valence-electron chi connectivity index (χ1n) is 6.17. The van der Waals surface area contributed by atoms with Crippen LogP contribution in [0, 0.1) is 12.3 Å². The van der Waals surface area contributed by atoms with Gasteiger partial charge in [0.05, 0.1) is 5.69 Å². The summed E-state index contributed by atoms with van der Waals surface area (Å²) in [5, 5.41) is 4.40. The van der Waals surface area contributed by atoms with E-state index in [0.29, 0.717) is 12.6 Å². The molecule has 1 heterocycles. The van der Waals surface area contributed by atoms with Crippen LogP contribution in [0.3, 0.4) is 0 Å². The van der Waals surface area contributed by atoms with Gasteiger partial charge in [0.2, 0.25) is 0 Å². The number of aromatic nitrogens is 2. The second kappa shape index (κ2) is 5.19. The van der Waals surface area contributed by atoms with E-state index in [4.69, 9.17) is 5.73 Å². The fourth-order valence-corrected chi connectivity index (χ4v) is 2.14. The Morgan fingerprint density at radius 1 is 1.53 bits per heavy atom. The molecule has 98 valence electrons. The van der Waals surface area contributed by atoms with Gasteiger partial charge in [-0.15, -0.1) is 0 Å². The van der Waals surface area contributed by atoms with Gasteiger partial charge in [0.1, 0.15) is 0 Å². The van der Waals surface area contributed by atoms with Crippen LogP contribution in [0.5, 0.6) is 0 Å². The van der Waals surface area contributed by atoms with Crippen molar-refractivity contribution < 1.29 is 0 Å². The van der Waals surface area contributed by atoms with Crippen LogP contribution in [0.1, 0.15) is 38.1 Å². The lowest BCUT2D eigenvalue weighted by atomic mass is 9.92. The number of aryl methyl sites for hydroxylation is 2. The number of nitrogens with two attached hydrogens (primary N) is 1. The lowest BCUT2D eigenvalue weighted by molar-refractivity contribution is 0.174. The van der Waals surface area contributed by atoms with E-state index in [0.717, 1.165) is 12.2 Å². The summed E-state index contributed by atoms with van der Waals surface area (Å²) in [6.45, 7) is 10.4. The molecular weight excluding hydrogens is 212 g/mol. The van der Waals surface area contributed by atoms with Gasteiger partial charge < -0.3 is 5.73 Å². The van der Waals surface area contributed by atoms with E-state index in [-0.39, 0.29) is 5.41 Å². The second-order valence-corrected chi connectivity index (χ2v) is 5.80. The summed E-state index contributed by atoms with van der Waals surface area (Å²) in [6, 6.07) is 0.370. The van der Waals surface area contributed by atoms with Crippen molar-refractivity contribution in [2.45, 2.75) is 33.7 Å². The standard InChI is InChI=1S/C13H26N4/c1-10-12(7-17(6)15-10)11(2)16(5)9-13(3,4)8-14/h7,11H,8-9,14H2,1-6H3. The molecular formula is C13H26N4. The van der Waals surface area contributed by atoms with Crippen LogP contribution in [-0.2, 0) is 7.05 Å². The van der Waals surface area contributed by atoms with Gasteiger partial charge in [-0.2, -0.15) is 5.10 Å². The number of hydrogen-bond donors (Lipinski definition) is 1. The highest BCUT2D eigenvalue weighted by Gasteiger charge is 2.23. The first-order valence-corrected chi connectivity index (χ1v) is 6.17. The molecule has 2 N–H and O–H groups in total. The predicted octanol–water partition coefficient (Wildman–Crippen LogP) is 1.71. The molecule has 0 spiro atoms. The molecule has 1 rings (SSSR count). The minimum atomic E-state index is 0.152. The summed E-state index contributed by atoms with van der Waals surface area (Å²) in [4.78, 5) is 2.34. The van der Waals surface area contributed by atoms with E-state index in [1.54, 1.807) is 0 Å². The quantitative estimate of drug-likeness (QED) is 0.849. The highest BCUT2D eigenvalue weighted by atomic mass is 15.3. The molecule has 1 unspecified atom stereocenters. The Kier molecular flexibility index (Phi) is 4.33. The summed E-state index contributed by atoms with van der Waals surface area (Å²) in [5.74, 6) is 0. The van der Waals surface area contributed by atoms with Gasteiger partial charge in [-0.05, 0) is 32.9 Å². The molecule has 0 amide bonds. The Hall–Kier alpha value is -0.870. The molecule has 0 saturated heterocycles. The third-order valence-corrected chi connectivity index (χ3v) is 3.39. The topological polar surface area (TPSA) is 47.1 Å². The van der Waals surface area contributed by atoms with E-state index in [9.17, 15) is 0 Å².